The zero-order valence-electron chi connectivity index (χ0n) is 26.8. The molecule has 5 aromatic rings. The normalized spacial score (nSPS) is 12.8. The molecule has 6 rings (SSSR count). The minimum absolute atomic E-state index is 0.0876. The van der Waals surface area contributed by atoms with Crippen LogP contribution in [0.2, 0.25) is 0 Å². The van der Waals surface area contributed by atoms with Crippen LogP contribution < -0.4 is 25.4 Å². The molecule has 0 spiro atoms. The van der Waals surface area contributed by atoms with Crippen LogP contribution in [0.3, 0.4) is 0 Å². The number of rotatable bonds is 11. The largest absolute Gasteiger partial charge is 0.486 e. The number of anilines is 2. The molecule has 0 saturated heterocycles. The topological polar surface area (TPSA) is 106 Å². The number of nitrogens with one attached hydrogen (secondary N) is 3. The van der Waals surface area contributed by atoms with Crippen LogP contribution in [0.15, 0.2) is 138 Å². The van der Waals surface area contributed by atoms with Crippen LogP contribution in [-0.2, 0) is 9.59 Å². The number of benzene rings is 5. The number of carbonyl (C=O) groups excluding carboxylic acids is 3. The van der Waals surface area contributed by atoms with E-state index in [4.69, 9.17) is 9.47 Å². The quantitative estimate of drug-likeness (QED) is 0.0971. The van der Waals surface area contributed by atoms with E-state index in [1.807, 2.05) is 85.8 Å². The van der Waals surface area contributed by atoms with Crippen molar-refractivity contribution in [2.75, 3.05) is 23.8 Å². The molecular formula is C40H35N3O5S. The Morgan fingerprint density at radius 3 is 2.12 bits per heavy atom. The molecule has 0 radical (unpaired) electrons. The van der Waals surface area contributed by atoms with Gasteiger partial charge in [-0.3, -0.25) is 14.4 Å². The van der Waals surface area contributed by atoms with Gasteiger partial charge in [0, 0.05) is 27.9 Å². The van der Waals surface area contributed by atoms with Gasteiger partial charge in [-0.05, 0) is 71.7 Å². The molecule has 1 atom stereocenters. The van der Waals surface area contributed by atoms with Crippen molar-refractivity contribution in [1.82, 2.24) is 5.32 Å². The first-order valence-electron chi connectivity index (χ1n) is 16.0. The SMILES string of the molecule is CCC(Sc1cccc(NC(=O)/C(=C\c2ccc(-c3ccccc3)cc2)NC(=O)c2ccccc2)c1)C(=O)Nc1ccc2c(c1)OCCO2. The highest BCUT2D eigenvalue weighted by Crippen LogP contribution is 2.34. The molecule has 1 aliphatic heterocycles. The van der Waals surface area contributed by atoms with E-state index in [1.54, 1.807) is 54.6 Å². The lowest BCUT2D eigenvalue weighted by molar-refractivity contribution is -0.116. The Morgan fingerprint density at radius 2 is 1.39 bits per heavy atom. The first-order valence-corrected chi connectivity index (χ1v) is 16.9. The van der Waals surface area contributed by atoms with Crippen LogP contribution in [-0.4, -0.2) is 36.2 Å². The molecule has 49 heavy (non-hydrogen) atoms. The molecule has 1 unspecified atom stereocenters. The van der Waals surface area contributed by atoms with Gasteiger partial charge in [-0.2, -0.15) is 0 Å². The average molecular weight is 670 g/mol. The molecule has 9 heteroatoms. The Balaban J connectivity index is 1.17. The fourth-order valence-corrected chi connectivity index (χ4v) is 6.20. The third-order valence-corrected chi connectivity index (χ3v) is 9.06. The summed E-state index contributed by atoms with van der Waals surface area (Å²) in [5, 5.41) is 8.31. The Morgan fingerprint density at radius 1 is 0.714 bits per heavy atom. The van der Waals surface area contributed by atoms with Crippen molar-refractivity contribution >= 4 is 46.9 Å². The molecule has 0 bridgehead atoms. The standard InChI is InChI=1S/C40H35N3O5S/c1-2-37(40(46)42-32-20-21-35-36(26-32)48-23-22-47-35)49-33-15-9-14-31(25-33)41-39(45)34(43-38(44)30-12-7-4-8-13-30)24-27-16-18-29(19-17-27)28-10-5-3-6-11-28/h3-21,24-26,37H,2,22-23H2,1H3,(H,41,45)(H,42,46)(H,43,44)/b34-24+. The van der Waals surface area contributed by atoms with Gasteiger partial charge in [-0.15, -0.1) is 11.8 Å². The van der Waals surface area contributed by atoms with Crippen LogP contribution in [0.1, 0.15) is 29.3 Å². The van der Waals surface area contributed by atoms with Crippen LogP contribution in [0.4, 0.5) is 11.4 Å². The number of hydrogen-bond acceptors (Lipinski definition) is 6. The molecular weight excluding hydrogens is 635 g/mol. The lowest BCUT2D eigenvalue weighted by Crippen LogP contribution is -2.30. The van der Waals surface area contributed by atoms with Crippen molar-refractivity contribution < 1.29 is 23.9 Å². The number of amides is 3. The Bertz CT molecular complexity index is 1960. The fourth-order valence-electron chi connectivity index (χ4n) is 5.19. The smallest absolute Gasteiger partial charge is 0.272 e. The van der Waals surface area contributed by atoms with Gasteiger partial charge in [0.1, 0.15) is 18.9 Å². The minimum atomic E-state index is -0.484. The van der Waals surface area contributed by atoms with E-state index >= 15 is 0 Å². The Labute approximate surface area is 289 Å². The van der Waals surface area contributed by atoms with E-state index in [1.165, 1.54) is 11.8 Å². The van der Waals surface area contributed by atoms with E-state index in [9.17, 15) is 14.4 Å². The predicted molar refractivity (Wildman–Crippen MR) is 195 cm³/mol. The maximum Gasteiger partial charge on any atom is 0.272 e. The number of fused-ring (bicyclic) bond motifs is 1. The first kappa shape index (κ1) is 33.1. The van der Waals surface area contributed by atoms with Crippen LogP contribution in [0, 0.1) is 0 Å². The van der Waals surface area contributed by atoms with Crippen molar-refractivity contribution in [1.29, 1.82) is 0 Å². The molecule has 0 saturated carbocycles. The molecule has 3 amide bonds. The summed E-state index contributed by atoms with van der Waals surface area (Å²) in [4.78, 5) is 40.9. The summed E-state index contributed by atoms with van der Waals surface area (Å²) in [5.74, 6) is 0.226. The summed E-state index contributed by atoms with van der Waals surface area (Å²) in [6.45, 7) is 2.91. The fraction of sp³-hybridized carbons (Fsp3) is 0.125. The molecule has 1 aliphatic rings. The predicted octanol–water partition coefficient (Wildman–Crippen LogP) is 8.04. The number of ether oxygens (including phenoxy) is 2. The second-order valence-electron chi connectivity index (χ2n) is 11.2. The van der Waals surface area contributed by atoms with E-state index in [0.29, 0.717) is 48.1 Å². The third kappa shape index (κ3) is 8.77. The number of thioether (sulfide) groups is 1. The molecule has 0 fully saturated rings. The van der Waals surface area contributed by atoms with E-state index in [-0.39, 0.29) is 11.6 Å². The van der Waals surface area contributed by atoms with Gasteiger partial charge in [0.25, 0.3) is 11.8 Å². The third-order valence-electron chi connectivity index (χ3n) is 7.70. The molecule has 246 valence electrons. The summed E-state index contributed by atoms with van der Waals surface area (Å²) >= 11 is 1.40. The number of hydrogen-bond donors (Lipinski definition) is 3. The zero-order valence-corrected chi connectivity index (χ0v) is 27.7. The van der Waals surface area contributed by atoms with Crippen molar-refractivity contribution in [3.63, 3.8) is 0 Å². The average Bonchev–Trinajstić information content (AvgIpc) is 3.14. The van der Waals surface area contributed by atoms with Crippen molar-refractivity contribution in [2.24, 2.45) is 0 Å². The lowest BCUT2D eigenvalue weighted by atomic mass is 10.0. The zero-order chi connectivity index (χ0) is 34.0. The number of carbonyl (C=O) groups is 3. The highest BCUT2D eigenvalue weighted by atomic mass is 32.2. The summed E-state index contributed by atoms with van der Waals surface area (Å²) in [5.41, 5.74) is 4.53. The molecule has 0 aromatic heterocycles. The van der Waals surface area contributed by atoms with Gasteiger partial charge < -0.3 is 25.4 Å². The first-order chi connectivity index (χ1) is 23.9. The van der Waals surface area contributed by atoms with Gasteiger partial charge in [-0.25, -0.2) is 0 Å². The Kier molecular flexibility index (Phi) is 10.7. The minimum Gasteiger partial charge on any atom is -0.486 e. The highest BCUT2D eigenvalue weighted by Gasteiger charge is 2.21. The van der Waals surface area contributed by atoms with Crippen LogP contribution >= 0.6 is 11.8 Å². The van der Waals surface area contributed by atoms with Gasteiger partial charge in [0.05, 0.1) is 5.25 Å². The maximum absolute atomic E-state index is 13.7. The van der Waals surface area contributed by atoms with E-state index < -0.39 is 17.1 Å². The Hall–Kier alpha value is -5.80. The maximum atomic E-state index is 13.7. The van der Waals surface area contributed by atoms with Gasteiger partial charge in [0.15, 0.2) is 11.5 Å². The summed E-state index contributed by atoms with van der Waals surface area (Å²) < 4.78 is 11.2. The summed E-state index contributed by atoms with van der Waals surface area (Å²) in [7, 11) is 0. The molecule has 8 nitrogen and oxygen atoms in total. The molecule has 1 heterocycles. The summed E-state index contributed by atoms with van der Waals surface area (Å²) in [6.07, 6.45) is 2.23. The summed E-state index contributed by atoms with van der Waals surface area (Å²) in [6, 6.07) is 39.1. The van der Waals surface area contributed by atoms with E-state index in [2.05, 4.69) is 16.0 Å². The van der Waals surface area contributed by atoms with Gasteiger partial charge >= 0.3 is 0 Å². The lowest BCUT2D eigenvalue weighted by Gasteiger charge is -2.20. The molecule has 5 aromatic carbocycles. The molecule has 0 aliphatic carbocycles. The highest BCUT2D eigenvalue weighted by molar-refractivity contribution is 8.00. The van der Waals surface area contributed by atoms with Crippen LogP contribution in [0.5, 0.6) is 11.5 Å². The van der Waals surface area contributed by atoms with Crippen molar-refractivity contribution in [3.8, 4) is 22.6 Å². The second kappa shape index (κ2) is 15.9. The monoisotopic (exact) mass is 669 g/mol. The second-order valence-corrected chi connectivity index (χ2v) is 12.5. The van der Waals surface area contributed by atoms with E-state index in [0.717, 1.165) is 21.6 Å². The van der Waals surface area contributed by atoms with Gasteiger partial charge in [0.2, 0.25) is 5.91 Å². The molecule has 3 N–H and O–H groups in total. The van der Waals surface area contributed by atoms with Gasteiger partial charge in [-0.1, -0.05) is 85.8 Å². The van der Waals surface area contributed by atoms with Crippen molar-refractivity contribution in [2.45, 2.75) is 23.5 Å². The van der Waals surface area contributed by atoms with Crippen LogP contribution in [0.25, 0.3) is 17.2 Å². The van der Waals surface area contributed by atoms with Crippen molar-refractivity contribution in [3.05, 3.63) is 144 Å².